The minimum Gasteiger partial charge on any atom is -0.377 e. The van der Waals surface area contributed by atoms with E-state index in [1.165, 1.54) is 0 Å². The van der Waals surface area contributed by atoms with Crippen LogP contribution in [0.2, 0.25) is 5.02 Å². The van der Waals surface area contributed by atoms with E-state index in [2.05, 4.69) is 4.98 Å². The lowest BCUT2D eigenvalue weighted by atomic mass is 10.1. The van der Waals surface area contributed by atoms with Crippen LogP contribution in [0.1, 0.15) is 25.5 Å². The van der Waals surface area contributed by atoms with Crippen LogP contribution in [0.4, 0.5) is 0 Å². The highest BCUT2D eigenvalue weighted by molar-refractivity contribution is 6.31. The van der Waals surface area contributed by atoms with Gasteiger partial charge in [-0.05, 0) is 25.5 Å². The number of rotatable bonds is 4. The molecule has 0 aliphatic carbocycles. The molecule has 1 aromatic heterocycles. The lowest BCUT2D eigenvalue weighted by molar-refractivity contribution is 0.0683. The first-order valence-electron chi connectivity index (χ1n) is 4.58. The standard InChI is InChI=1S/C10H15ClN2O/c1-7(2)14-6-10(12)8-3-4-13-5-9(8)11/h3-5,7,10H,6,12H2,1-2H3. The molecular weight excluding hydrogens is 200 g/mol. The zero-order valence-corrected chi connectivity index (χ0v) is 9.16. The van der Waals surface area contributed by atoms with Gasteiger partial charge < -0.3 is 10.5 Å². The van der Waals surface area contributed by atoms with Gasteiger partial charge in [-0.25, -0.2) is 0 Å². The summed E-state index contributed by atoms with van der Waals surface area (Å²) in [6.45, 7) is 4.42. The van der Waals surface area contributed by atoms with Crippen LogP contribution in [0.3, 0.4) is 0 Å². The van der Waals surface area contributed by atoms with Gasteiger partial charge in [0.25, 0.3) is 0 Å². The Morgan fingerprint density at radius 2 is 2.29 bits per heavy atom. The van der Waals surface area contributed by atoms with Gasteiger partial charge in [0.15, 0.2) is 0 Å². The van der Waals surface area contributed by atoms with Crippen molar-refractivity contribution in [3.8, 4) is 0 Å². The number of nitrogens with two attached hydrogens (primary N) is 1. The van der Waals surface area contributed by atoms with Crippen molar-refractivity contribution in [3.05, 3.63) is 29.0 Å². The Bertz CT molecular complexity index is 291. The molecule has 0 fully saturated rings. The third-order valence-corrected chi connectivity index (χ3v) is 2.13. The molecule has 0 aliphatic rings. The van der Waals surface area contributed by atoms with E-state index in [4.69, 9.17) is 22.1 Å². The molecule has 14 heavy (non-hydrogen) atoms. The number of nitrogens with zero attached hydrogens (tertiary/aromatic N) is 1. The highest BCUT2D eigenvalue weighted by atomic mass is 35.5. The number of hydrogen-bond acceptors (Lipinski definition) is 3. The average Bonchev–Trinajstić information content (AvgIpc) is 2.15. The van der Waals surface area contributed by atoms with Gasteiger partial charge in [0.1, 0.15) is 0 Å². The molecule has 1 rings (SSSR count). The molecule has 0 saturated heterocycles. The van der Waals surface area contributed by atoms with Crippen molar-refractivity contribution in [2.75, 3.05) is 6.61 Å². The molecule has 0 aliphatic heterocycles. The summed E-state index contributed by atoms with van der Waals surface area (Å²) in [6, 6.07) is 1.63. The van der Waals surface area contributed by atoms with Crippen molar-refractivity contribution in [2.45, 2.75) is 26.0 Å². The Hall–Kier alpha value is -0.640. The zero-order chi connectivity index (χ0) is 10.6. The molecule has 1 unspecified atom stereocenters. The number of hydrogen-bond donors (Lipinski definition) is 1. The molecule has 0 radical (unpaired) electrons. The van der Waals surface area contributed by atoms with Crippen LogP contribution < -0.4 is 5.73 Å². The Balaban J connectivity index is 2.60. The van der Waals surface area contributed by atoms with Crippen LogP contribution in [0.5, 0.6) is 0 Å². The normalized spacial score (nSPS) is 13.2. The molecule has 0 spiro atoms. The lowest BCUT2D eigenvalue weighted by Crippen LogP contribution is -2.20. The summed E-state index contributed by atoms with van der Waals surface area (Å²) >= 11 is 5.94. The Labute approximate surface area is 89.2 Å². The zero-order valence-electron chi connectivity index (χ0n) is 8.40. The monoisotopic (exact) mass is 214 g/mol. The molecule has 0 amide bonds. The molecule has 0 bridgehead atoms. The van der Waals surface area contributed by atoms with Crippen LogP contribution in [-0.4, -0.2) is 17.7 Å². The highest BCUT2D eigenvalue weighted by Gasteiger charge is 2.10. The van der Waals surface area contributed by atoms with E-state index in [9.17, 15) is 0 Å². The molecule has 1 atom stereocenters. The summed E-state index contributed by atoms with van der Waals surface area (Å²) in [5, 5.41) is 0.590. The first-order chi connectivity index (χ1) is 6.61. The maximum Gasteiger partial charge on any atom is 0.0663 e. The summed E-state index contributed by atoms with van der Waals surface area (Å²) in [5.41, 5.74) is 6.78. The fraction of sp³-hybridized carbons (Fsp3) is 0.500. The van der Waals surface area contributed by atoms with Crippen molar-refractivity contribution in [1.82, 2.24) is 4.98 Å². The van der Waals surface area contributed by atoms with Crippen molar-refractivity contribution < 1.29 is 4.74 Å². The maximum atomic E-state index is 5.94. The molecule has 0 saturated carbocycles. The van der Waals surface area contributed by atoms with Gasteiger partial charge in [0, 0.05) is 12.4 Å². The second kappa shape index (κ2) is 5.29. The minimum atomic E-state index is -0.187. The minimum absolute atomic E-state index is 0.182. The predicted octanol–water partition coefficient (Wildman–Crippen LogP) is 2.16. The number of halogens is 1. The maximum absolute atomic E-state index is 5.94. The van der Waals surface area contributed by atoms with Crippen molar-refractivity contribution >= 4 is 11.6 Å². The molecule has 4 heteroatoms. The molecule has 1 heterocycles. The Morgan fingerprint density at radius 3 is 2.86 bits per heavy atom. The molecule has 78 valence electrons. The fourth-order valence-corrected chi connectivity index (χ4v) is 1.33. The topological polar surface area (TPSA) is 48.1 Å². The van der Waals surface area contributed by atoms with E-state index in [1.54, 1.807) is 12.4 Å². The predicted molar refractivity (Wildman–Crippen MR) is 57.3 cm³/mol. The summed E-state index contributed by atoms with van der Waals surface area (Å²) in [6.07, 6.45) is 3.45. The highest BCUT2D eigenvalue weighted by Crippen LogP contribution is 2.20. The van der Waals surface area contributed by atoms with Gasteiger partial charge in [-0.2, -0.15) is 0 Å². The first-order valence-corrected chi connectivity index (χ1v) is 4.95. The van der Waals surface area contributed by atoms with Gasteiger partial charge in [-0.3, -0.25) is 4.98 Å². The summed E-state index contributed by atoms with van der Waals surface area (Å²) in [7, 11) is 0. The van der Waals surface area contributed by atoms with Gasteiger partial charge in [-0.1, -0.05) is 11.6 Å². The first kappa shape index (κ1) is 11.4. The van der Waals surface area contributed by atoms with Gasteiger partial charge in [-0.15, -0.1) is 0 Å². The second-order valence-corrected chi connectivity index (χ2v) is 3.79. The summed E-state index contributed by atoms with van der Waals surface area (Å²) < 4.78 is 5.41. The number of ether oxygens (including phenoxy) is 1. The van der Waals surface area contributed by atoms with E-state index >= 15 is 0 Å². The van der Waals surface area contributed by atoms with E-state index in [1.807, 2.05) is 19.9 Å². The Morgan fingerprint density at radius 1 is 1.57 bits per heavy atom. The van der Waals surface area contributed by atoms with Crippen molar-refractivity contribution in [3.63, 3.8) is 0 Å². The van der Waals surface area contributed by atoms with Crippen molar-refractivity contribution in [2.24, 2.45) is 5.73 Å². The van der Waals surface area contributed by atoms with Gasteiger partial charge in [0.05, 0.1) is 23.8 Å². The van der Waals surface area contributed by atoms with Crippen LogP contribution in [0.15, 0.2) is 18.5 Å². The van der Waals surface area contributed by atoms with Gasteiger partial charge in [0.2, 0.25) is 0 Å². The SMILES string of the molecule is CC(C)OCC(N)c1ccncc1Cl. The Kier molecular flexibility index (Phi) is 4.32. The number of pyridine rings is 1. The van der Waals surface area contributed by atoms with Crippen LogP contribution >= 0.6 is 11.6 Å². The molecule has 0 aromatic carbocycles. The van der Waals surface area contributed by atoms with E-state index < -0.39 is 0 Å². The average molecular weight is 215 g/mol. The number of aromatic nitrogens is 1. The molecular formula is C10H15ClN2O. The fourth-order valence-electron chi connectivity index (χ4n) is 1.07. The van der Waals surface area contributed by atoms with Gasteiger partial charge >= 0.3 is 0 Å². The summed E-state index contributed by atoms with van der Waals surface area (Å²) in [4.78, 5) is 3.89. The quantitative estimate of drug-likeness (QED) is 0.836. The second-order valence-electron chi connectivity index (χ2n) is 3.39. The molecule has 3 nitrogen and oxygen atoms in total. The smallest absolute Gasteiger partial charge is 0.0663 e. The van der Waals surface area contributed by atoms with E-state index in [-0.39, 0.29) is 12.1 Å². The third-order valence-electron chi connectivity index (χ3n) is 1.81. The lowest BCUT2D eigenvalue weighted by Gasteiger charge is -2.15. The third kappa shape index (κ3) is 3.25. The molecule has 2 N–H and O–H groups in total. The molecule has 1 aromatic rings. The van der Waals surface area contributed by atoms with Crippen molar-refractivity contribution in [1.29, 1.82) is 0 Å². The van der Waals surface area contributed by atoms with Crippen LogP contribution in [-0.2, 0) is 4.74 Å². The largest absolute Gasteiger partial charge is 0.377 e. The van der Waals surface area contributed by atoms with E-state index in [0.717, 1.165) is 5.56 Å². The van der Waals surface area contributed by atoms with Crippen LogP contribution in [0, 0.1) is 0 Å². The van der Waals surface area contributed by atoms with E-state index in [0.29, 0.717) is 11.6 Å². The summed E-state index contributed by atoms with van der Waals surface area (Å²) in [5.74, 6) is 0. The van der Waals surface area contributed by atoms with Crippen LogP contribution in [0.25, 0.3) is 0 Å².